The van der Waals surface area contributed by atoms with Crippen molar-refractivity contribution >= 4 is 11.3 Å². The summed E-state index contributed by atoms with van der Waals surface area (Å²) in [6.07, 6.45) is 2.05. The molecule has 0 bridgehead atoms. The summed E-state index contributed by atoms with van der Waals surface area (Å²) in [5.74, 6) is 0.559. The molecule has 0 amide bonds. The molecule has 0 spiro atoms. The van der Waals surface area contributed by atoms with Gasteiger partial charge >= 0.3 is 0 Å². The van der Waals surface area contributed by atoms with Crippen molar-refractivity contribution in [3.8, 4) is 0 Å². The summed E-state index contributed by atoms with van der Waals surface area (Å²) in [7, 11) is 0. The van der Waals surface area contributed by atoms with Crippen LogP contribution in [0.5, 0.6) is 0 Å². The van der Waals surface area contributed by atoms with Gasteiger partial charge in [-0.2, -0.15) is 0 Å². The lowest BCUT2D eigenvalue weighted by molar-refractivity contribution is 0.166. The van der Waals surface area contributed by atoms with Gasteiger partial charge in [-0.05, 0) is 40.2 Å². The first-order valence-electron chi connectivity index (χ1n) is 6.45. The molecule has 2 heterocycles. The first kappa shape index (κ1) is 13.0. The standard InChI is InChI=1S/C13H22N2OS/c1-9(2)15-6-4-5-11(7-15)13-14-12(8-17-13)10(3)16/h8-11,16H,4-7H2,1-3H3. The highest BCUT2D eigenvalue weighted by Crippen LogP contribution is 2.31. The van der Waals surface area contributed by atoms with E-state index < -0.39 is 6.10 Å². The van der Waals surface area contributed by atoms with E-state index in [1.165, 1.54) is 24.4 Å². The maximum atomic E-state index is 9.51. The predicted molar refractivity (Wildman–Crippen MR) is 71.4 cm³/mol. The van der Waals surface area contributed by atoms with E-state index in [4.69, 9.17) is 0 Å². The maximum absolute atomic E-state index is 9.51. The Kier molecular flexibility index (Phi) is 4.17. The van der Waals surface area contributed by atoms with Crippen molar-refractivity contribution in [1.82, 2.24) is 9.88 Å². The SMILES string of the molecule is CC(O)c1csc(C2CCCN(C(C)C)C2)n1. The Morgan fingerprint density at radius 1 is 1.47 bits per heavy atom. The highest BCUT2D eigenvalue weighted by atomic mass is 32.1. The van der Waals surface area contributed by atoms with Crippen LogP contribution >= 0.6 is 11.3 Å². The number of piperidine rings is 1. The molecule has 1 fully saturated rings. The van der Waals surface area contributed by atoms with E-state index in [2.05, 4.69) is 23.7 Å². The summed E-state index contributed by atoms with van der Waals surface area (Å²) >= 11 is 1.70. The van der Waals surface area contributed by atoms with Gasteiger partial charge < -0.3 is 10.0 Å². The third-order valence-electron chi connectivity index (χ3n) is 3.50. The van der Waals surface area contributed by atoms with E-state index in [0.29, 0.717) is 12.0 Å². The minimum absolute atomic E-state index is 0.440. The second kappa shape index (κ2) is 5.46. The largest absolute Gasteiger partial charge is 0.387 e. The van der Waals surface area contributed by atoms with Gasteiger partial charge in [0.25, 0.3) is 0 Å². The summed E-state index contributed by atoms with van der Waals surface area (Å²) in [5.41, 5.74) is 0.826. The number of likely N-dealkylation sites (tertiary alicyclic amines) is 1. The zero-order chi connectivity index (χ0) is 12.4. The van der Waals surface area contributed by atoms with Gasteiger partial charge in [-0.15, -0.1) is 11.3 Å². The van der Waals surface area contributed by atoms with Crippen LogP contribution in [0.25, 0.3) is 0 Å². The van der Waals surface area contributed by atoms with E-state index in [9.17, 15) is 5.11 Å². The summed E-state index contributed by atoms with van der Waals surface area (Å²) in [4.78, 5) is 7.09. The molecule has 1 aliphatic rings. The number of hydrogen-bond acceptors (Lipinski definition) is 4. The van der Waals surface area contributed by atoms with Gasteiger partial charge in [-0.3, -0.25) is 0 Å². The lowest BCUT2D eigenvalue weighted by Crippen LogP contribution is -2.39. The molecule has 2 rings (SSSR count). The van der Waals surface area contributed by atoms with Gasteiger partial charge in [0, 0.05) is 23.9 Å². The van der Waals surface area contributed by atoms with Crippen molar-refractivity contribution in [3.05, 3.63) is 16.1 Å². The molecule has 1 aromatic heterocycles. The molecule has 2 unspecified atom stereocenters. The fourth-order valence-electron chi connectivity index (χ4n) is 2.36. The second-order valence-corrected chi connectivity index (χ2v) is 6.10. The maximum Gasteiger partial charge on any atom is 0.0973 e. The van der Waals surface area contributed by atoms with Gasteiger partial charge in [0.1, 0.15) is 0 Å². The van der Waals surface area contributed by atoms with Crippen molar-refractivity contribution in [3.63, 3.8) is 0 Å². The third kappa shape index (κ3) is 3.06. The Bertz CT molecular complexity index is 362. The lowest BCUT2D eigenvalue weighted by Gasteiger charge is -2.34. The highest BCUT2D eigenvalue weighted by molar-refractivity contribution is 7.09. The van der Waals surface area contributed by atoms with Crippen molar-refractivity contribution in [2.45, 2.75) is 51.7 Å². The Morgan fingerprint density at radius 3 is 2.82 bits per heavy atom. The van der Waals surface area contributed by atoms with Crippen LogP contribution < -0.4 is 0 Å². The molecule has 1 aliphatic heterocycles. The fourth-order valence-corrected chi connectivity index (χ4v) is 3.39. The second-order valence-electron chi connectivity index (χ2n) is 5.21. The molecule has 1 saturated heterocycles. The first-order chi connectivity index (χ1) is 8.08. The number of nitrogens with zero attached hydrogens (tertiary/aromatic N) is 2. The number of thiazole rings is 1. The highest BCUT2D eigenvalue weighted by Gasteiger charge is 2.25. The average Bonchev–Trinajstić information content (AvgIpc) is 2.78. The molecule has 0 aromatic carbocycles. The van der Waals surface area contributed by atoms with Crippen molar-refractivity contribution in [1.29, 1.82) is 0 Å². The molecule has 4 heteroatoms. The number of aliphatic hydroxyl groups excluding tert-OH is 1. The average molecular weight is 254 g/mol. The monoisotopic (exact) mass is 254 g/mol. The predicted octanol–water partition coefficient (Wildman–Crippen LogP) is 2.78. The quantitative estimate of drug-likeness (QED) is 0.901. The van der Waals surface area contributed by atoms with Gasteiger partial charge in [-0.25, -0.2) is 4.98 Å². The molecule has 3 nitrogen and oxygen atoms in total. The van der Waals surface area contributed by atoms with E-state index >= 15 is 0 Å². The molecule has 96 valence electrons. The number of aromatic nitrogens is 1. The molecule has 0 saturated carbocycles. The van der Waals surface area contributed by atoms with Crippen LogP contribution in [-0.4, -0.2) is 34.1 Å². The minimum Gasteiger partial charge on any atom is -0.387 e. The normalized spacial score (nSPS) is 24.2. The van der Waals surface area contributed by atoms with Crippen LogP contribution in [0.1, 0.15) is 56.3 Å². The molecule has 1 N–H and O–H groups in total. The van der Waals surface area contributed by atoms with Crippen LogP contribution in [0.2, 0.25) is 0 Å². The van der Waals surface area contributed by atoms with Crippen LogP contribution in [0.3, 0.4) is 0 Å². The molecule has 2 atom stereocenters. The van der Waals surface area contributed by atoms with Crippen molar-refractivity contribution < 1.29 is 5.11 Å². The molecule has 0 aliphatic carbocycles. The molecule has 0 radical (unpaired) electrons. The van der Waals surface area contributed by atoms with Crippen molar-refractivity contribution in [2.24, 2.45) is 0 Å². The Morgan fingerprint density at radius 2 is 2.24 bits per heavy atom. The molecule has 1 aromatic rings. The number of aliphatic hydroxyl groups is 1. The Labute approximate surface area is 107 Å². The Hall–Kier alpha value is -0.450. The zero-order valence-corrected chi connectivity index (χ0v) is 11.7. The molecular formula is C13H22N2OS. The molecular weight excluding hydrogens is 232 g/mol. The first-order valence-corrected chi connectivity index (χ1v) is 7.33. The summed E-state index contributed by atoms with van der Waals surface area (Å²) < 4.78 is 0. The number of rotatable bonds is 3. The van der Waals surface area contributed by atoms with Gasteiger partial charge in [0.05, 0.1) is 16.8 Å². The molecule has 17 heavy (non-hydrogen) atoms. The van der Waals surface area contributed by atoms with Crippen LogP contribution in [0.4, 0.5) is 0 Å². The zero-order valence-electron chi connectivity index (χ0n) is 10.9. The Balaban J connectivity index is 2.05. The van der Waals surface area contributed by atoms with Gasteiger partial charge in [-0.1, -0.05) is 0 Å². The van der Waals surface area contributed by atoms with E-state index in [-0.39, 0.29) is 0 Å². The van der Waals surface area contributed by atoms with Crippen LogP contribution in [0, 0.1) is 0 Å². The smallest absolute Gasteiger partial charge is 0.0973 e. The van der Waals surface area contributed by atoms with Gasteiger partial charge in [0.2, 0.25) is 0 Å². The van der Waals surface area contributed by atoms with E-state index in [1.54, 1.807) is 18.3 Å². The summed E-state index contributed by atoms with van der Waals surface area (Å²) in [6, 6.07) is 0.619. The summed E-state index contributed by atoms with van der Waals surface area (Å²) in [6.45, 7) is 8.62. The van der Waals surface area contributed by atoms with E-state index in [0.717, 1.165) is 12.2 Å². The van der Waals surface area contributed by atoms with Crippen molar-refractivity contribution in [2.75, 3.05) is 13.1 Å². The summed E-state index contributed by atoms with van der Waals surface area (Å²) in [5, 5.41) is 12.7. The number of hydrogen-bond donors (Lipinski definition) is 1. The van der Waals surface area contributed by atoms with Crippen LogP contribution in [0.15, 0.2) is 5.38 Å². The van der Waals surface area contributed by atoms with E-state index in [1.807, 2.05) is 5.38 Å². The fraction of sp³-hybridized carbons (Fsp3) is 0.769. The minimum atomic E-state index is -0.440. The van der Waals surface area contributed by atoms with Crippen LogP contribution in [-0.2, 0) is 0 Å². The van der Waals surface area contributed by atoms with Gasteiger partial charge in [0.15, 0.2) is 0 Å². The lowest BCUT2D eigenvalue weighted by atomic mass is 9.97. The topological polar surface area (TPSA) is 36.4 Å². The third-order valence-corrected chi connectivity index (χ3v) is 4.53.